The third kappa shape index (κ3) is 2.00. The molecule has 1 fully saturated rings. The Morgan fingerprint density at radius 1 is 1.27 bits per heavy atom. The highest BCUT2D eigenvalue weighted by molar-refractivity contribution is 8.03. The molecule has 0 bridgehead atoms. The van der Waals surface area contributed by atoms with Gasteiger partial charge < -0.3 is 0 Å². The Hall–Kier alpha value is -0.930. The molecule has 0 N–H and O–H groups in total. The molecule has 0 saturated carbocycles. The minimum Gasteiger partial charge on any atom is -0.192 e. The lowest BCUT2D eigenvalue weighted by atomic mass is 10.2. The molecule has 0 amide bonds. The van der Waals surface area contributed by atoms with Crippen LogP contribution in [0.4, 0.5) is 0 Å². The molecule has 0 spiro atoms. The van der Waals surface area contributed by atoms with Crippen molar-refractivity contribution < 1.29 is 0 Å². The Bertz CT molecular complexity index is 230. The second-order valence-corrected chi connectivity index (χ2v) is 3.52. The Morgan fingerprint density at radius 2 is 2.00 bits per heavy atom. The van der Waals surface area contributed by atoms with E-state index in [1.165, 1.54) is 6.42 Å². The van der Waals surface area contributed by atoms with Gasteiger partial charge in [0.15, 0.2) is 0 Å². The predicted octanol–water partition coefficient (Wildman–Crippen LogP) is 2.20. The van der Waals surface area contributed by atoms with Crippen molar-refractivity contribution in [3.05, 3.63) is 10.5 Å². The first-order chi connectivity index (χ1) is 5.38. The molecule has 0 unspecified atom stereocenters. The molecule has 0 aromatic heterocycles. The predicted molar refractivity (Wildman–Crippen MR) is 44.6 cm³/mol. The number of thioether (sulfide) groups is 1. The van der Waals surface area contributed by atoms with Crippen molar-refractivity contribution in [2.45, 2.75) is 19.3 Å². The summed E-state index contributed by atoms with van der Waals surface area (Å²) in [5, 5.41) is 17.1. The molecular weight excluding hydrogens is 156 g/mol. The van der Waals surface area contributed by atoms with E-state index < -0.39 is 0 Å². The van der Waals surface area contributed by atoms with Gasteiger partial charge in [-0.2, -0.15) is 10.5 Å². The first-order valence-corrected chi connectivity index (χ1v) is 4.53. The lowest BCUT2D eigenvalue weighted by Crippen LogP contribution is -1.94. The van der Waals surface area contributed by atoms with E-state index in [0.29, 0.717) is 5.57 Å². The van der Waals surface area contributed by atoms with Gasteiger partial charge in [0.1, 0.15) is 17.7 Å². The number of nitrogens with zero attached hydrogens (tertiary/aromatic N) is 2. The summed E-state index contributed by atoms with van der Waals surface area (Å²) in [5.41, 5.74) is 0.315. The van der Waals surface area contributed by atoms with Crippen molar-refractivity contribution in [2.75, 3.05) is 5.75 Å². The summed E-state index contributed by atoms with van der Waals surface area (Å²) in [7, 11) is 0. The van der Waals surface area contributed by atoms with Gasteiger partial charge in [0.25, 0.3) is 0 Å². The average molecular weight is 164 g/mol. The van der Waals surface area contributed by atoms with E-state index in [-0.39, 0.29) is 0 Å². The van der Waals surface area contributed by atoms with Gasteiger partial charge in [-0.3, -0.25) is 0 Å². The lowest BCUT2D eigenvalue weighted by Gasteiger charge is -2.11. The third-order valence-electron chi connectivity index (χ3n) is 1.58. The van der Waals surface area contributed by atoms with Gasteiger partial charge in [-0.1, -0.05) is 0 Å². The van der Waals surface area contributed by atoms with Gasteiger partial charge in [-0.25, -0.2) is 0 Å². The van der Waals surface area contributed by atoms with Gasteiger partial charge in [-0.15, -0.1) is 11.8 Å². The van der Waals surface area contributed by atoms with Crippen LogP contribution in [0.5, 0.6) is 0 Å². The highest BCUT2D eigenvalue weighted by Crippen LogP contribution is 2.30. The average Bonchev–Trinajstić information content (AvgIpc) is 2.09. The fourth-order valence-electron chi connectivity index (χ4n) is 1.00. The first-order valence-electron chi connectivity index (χ1n) is 3.54. The van der Waals surface area contributed by atoms with Crippen LogP contribution < -0.4 is 0 Å². The monoisotopic (exact) mass is 164 g/mol. The number of allylic oxidation sites excluding steroid dienone is 2. The minimum atomic E-state index is 0.315. The molecule has 0 aliphatic carbocycles. The molecule has 1 aliphatic rings. The van der Waals surface area contributed by atoms with E-state index in [1.807, 2.05) is 12.1 Å². The molecule has 0 aromatic carbocycles. The minimum absolute atomic E-state index is 0.315. The summed E-state index contributed by atoms with van der Waals surface area (Å²) in [6, 6.07) is 3.84. The summed E-state index contributed by atoms with van der Waals surface area (Å²) in [5.74, 6) is 1.06. The maximum atomic E-state index is 8.53. The standard InChI is InChI=1S/C8H8N2S/c9-5-7(6-10)8-3-1-2-4-11-8/h1-4H2. The SMILES string of the molecule is N#CC(C#N)=C1CCCCS1. The maximum absolute atomic E-state index is 8.53. The van der Waals surface area contributed by atoms with Crippen LogP contribution in [0.15, 0.2) is 10.5 Å². The van der Waals surface area contributed by atoms with E-state index in [2.05, 4.69) is 0 Å². The highest BCUT2D eigenvalue weighted by atomic mass is 32.2. The van der Waals surface area contributed by atoms with Crippen molar-refractivity contribution in [3.63, 3.8) is 0 Å². The molecule has 2 nitrogen and oxygen atoms in total. The van der Waals surface area contributed by atoms with Crippen LogP contribution in [0, 0.1) is 22.7 Å². The van der Waals surface area contributed by atoms with E-state index in [0.717, 1.165) is 23.5 Å². The second-order valence-electron chi connectivity index (χ2n) is 2.33. The van der Waals surface area contributed by atoms with Gasteiger partial charge in [0.05, 0.1) is 0 Å². The van der Waals surface area contributed by atoms with Gasteiger partial charge in [-0.05, 0) is 25.0 Å². The lowest BCUT2D eigenvalue weighted by molar-refractivity contribution is 0.798. The number of hydrogen-bond donors (Lipinski definition) is 0. The molecule has 3 heteroatoms. The fourth-order valence-corrected chi connectivity index (χ4v) is 2.12. The summed E-state index contributed by atoms with van der Waals surface area (Å²) in [6.45, 7) is 0. The molecular formula is C8H8N2S. The van der Waals surface area contributed by atoms with E-state index in [1.54, 1.807) is 11.8 Å². The van der Waals surface area contributed by atoms with E-state index in [9.17, 15) is 0 Å². The highest BCUT2D eigenvalue weighted by Gasteiger charge is 2.10. The number of rotatable bonds is 0. The molecule has 1 heterocycles. The quantitative estimate of drug-likeness (QED) is 0.516. The normalized spacial score (nSPS) is 16.7. The molecule has 1 aliphatic heterocycles. The fraction of sp³-hybridized carbons (Fsp3) is 0.500. The Kier molecular flexibility index (Phi) is 3.01. The molecule has 11 heavy (non-hydrogen) atoms. The maximum Gasteiger partial charge on any atom is 0.139 e. The van der Waals surface area contributed by atoms with Crippen molar-refractivity contribution in [3.8, 4) is 12.1 Å². The van der Waals surface area contributed by atoms with Crippen LogP contribution in [-0.4, -0.2) is 5.75 Å². The van der Waals surface area contributed by atoms with Crippen molar-refractivity contribution >= 4 is 11.8 Å². The molecule has 1 rings (SSSR count). The van der Waals surface area contributed by atoms with E-state index >= 15 is 0 Å². The van der Waals surface area contributed by atoms with Gasteiger partial charge in [0, 0.05) is 4.91 Å². The zero-order valence-electron chi connectivity index (χ0n) is 6.13. The summed E-state index contributed by atoms with van der Waals surface area (Å²) in [6.07, 6.45) is 3.24. The number of nitriles is 2. The Morgan fingerprint density at radius 3 is 2.45 bits per heavy atom. The van der Waals surface area contributed by atoms with Gasteiger partial charge in [0.2, 0.25) is 0 Å². The topological polar surface area (TPSA) is 47.6 Å². The Balaban J connectivity index is 2.77. The third-order valence-corrected chi connectivity index (χ3v) is 2.83. The number of hydrogen-bond acceptors (Lipinski definition) is 3. The van der Waals surface area contributed by atoms with Crippen molar-refractivity contribution in [1.82, 2.24) is 0 Å². The molecule has 0 atom stereocenters. The summed E-state index contributed by atoms with van der Waals surface area (Å²) in [4.78, 5) is 0.987. The smallest absolute Gasteiger partial charge is 0.139 e. The van der Waals surface area contributed by atoms with Crippen LogP contribution in [0.1, 0.15) is 19.3 Å². The second kappa shape index (κ2) is 4.05. The first kappa shape index (κ1) is 8.17. The summed E-state index contributed by atoms with van der Waals surface area (Å²) < 4.78 is 0. The molecule has 1 saturated heterocycles. The van der Waals surface area contributed by atoms with Crippen LogP contribution in [-0.2, 0) is 0 Å². The van der Waals surface area contributed by atoms with Crippen LogP contribution >= 0.6 is 11.8 Å². The largest absolute Gasteiger partial charge is 0.192 e. The molecule has 0 radical (unpaired) electrons. The Labute approximate surface area is 70.5 Å². The summed E-state index contributed by atoms with van der Waals surface area (Å²) >= 11 is 1.66. The van der Waals surface area contributed by atoms with Crippen molar-refractivity contribution in [1.29, 1.82) is 10.5 Å². The molecule has 56 valence electrons. The molecule has 0 aromatic rings. The zero-order chi connectivity index (χ0) is 8.10. The van der Waals surface area contributed by atoms with Gasteiger partial charge >= 0.3 is 0 Å². The van der Waals surface area contributed by atoms with Crippen molar-refractivity contribution in [2.24, 2.45) is 0 Å². The van der Waals surface area contributed by atoms with Crippen LogP contribution in [0.25, 0.3) is 0 Å². The van der Waals surface area contributed by atoms with E-state index in [4.69, 9.17) is 10.5 Å². The van der Waals surface area contributed by atoms with Crippen LogP contribution in [0.3, 0.4) is 0 Å². The van der Waals surface area contributed by atoms with Crippen LogP contribution in [0.2, 0.25) is 0 Å². The zero-order valence-corrected chi connectivity index (χ0v) is 6.95.